The molecule has 1 aliphatic heterocycles. The van der Waals surface area contributed by atoms with Gasteiger partial charge in [0.15, 0.2) is 5.58 Å². The fourth-order valence-electron chi connectivity index (χ4n) is 6.12. The van der Waals surface area contributed by atoms with E-state index in [0.717, 1.165) is 41.9 Å². The Bertz CT molecular complexity index is 1080. The van der Waals surface area contributed by atoms with Crippen molar-refractivity contribution in [3.05, 3.63) is 59.5 Å². The summed E-state index contributed by atoms with van der Waals surface area (Å²) in [6.45, 7) is 10.5. The van der Waals surface area contributed by atoms with Crippen LogP contribution in [0.4, 0.5) is 0 Å². The van der Waals surface area contributed by atoms with E-state index in [-0.39, 0.29) is 11.3 Å². The zero-order valence-electron chi connectivity index (χ0n) is 17.9. The van der Waals surface area contributed by atoms with Gasteiger partial charge < -0.3 is 13.9 Å². The minimum atomic E-state index is 0.149. The van der Waals surface area contributed by atoms with E-state index in [9.17, 15) is 4.79 Å². The molecule has 4 nitrogen and oxygen atoms in total. The lowest BCUT2D eigenvalue weighted by Gasteiger charge is -2.39. The molecule has 0 unspecified atom stereocenters. The topological polar surface area (TPSA) is 38.4 Å². The molecule has 0 radical (unpaired) electrons. The van der Waals surface area contributed by atoms with Crippen LogP contribution < -0.4 is 0 Å². The zero-order chi connectivity index (χ0) is 20.4. The number of likely N-dealkylation sites (tertiary alicyclic amines) is 1. The number of furan rings is 1. The second kappa shape index (κ2) is 6.25. The van der Waals surface area contributed by atoms with Gasteiger partial charge in [0.1, 0.15) is 11.5 Å². The molecule has 3 aromatic rings. The van der Waals surface area contributed by atoms with E-state index in [1.807, 2.05) is 37.3 Å². The summed E-state index contributed by atoms with van der Waals surface area (Å²) in [7, 11) is 0. The molecule has 3 heterocycles. The van der Waals surface area contributed by atoms with Gasteiger partial charge in [-0.15, -0.1) is 0 Å². The number of hydrogen-bond donors (Lipinski definition) is 0. The molecular formula is C25H30N2O2. The summed E-state index contributed by atoms with van der Waals surface area (Å²) in [5, 5.41) is 0. The van der Waals surface area contributed by atoms with E-state index in [0.29, 0.717) is 18.0 Å². The molecule has 1 saturated heterocycles. The molecule has 0 N–H and O–H groups in total. The van der Waals surface area contributed by atoms with Crippen molar-refractivity contribution in [3.8, 4) is 0 Å². The molecule has 0 spiro atoms. The highest BCUT2D eigenvalue weighted by molar-refractivity contribution is 5.98. The quantitative estimate of drug-likeness (QED) is 0.581. The molecule has 2 fully saturated rings. The monoisotopic (exact) mass is 390 g/mol. The molecule has 1 aromatic carbocycles. The maximum Gasteiger partial charge on any atom is 0.270 e. The third-order valence-corrected chi connectivity index (χ3v) is 6.79. The highest BCUT2D eigenvalue weighted by Crippen LogP contribution is 2.52. The number of hydrogen-bond acceptors (Lipinski definition) is 2. The number of amides is 1. The highest BCUT2D eigenvalue weighted by Gasteiger charge is 2.51. The standard InChI is InChI=1S/C25H30N2O2/c1-17-10-20-22(29-17)11-21(26(20)14-18-8-6-5-7-9-18)23(28)27-16-25(4)13-19(27)12-24(2,3)15-25/h5-11,19H,12-16H2,1-4H3/t19-,25-/m0/s1. The first-order valence-electron chi connectivity index (χ1n) is 10.7. The average Bonchev–Trinajstić information content (AvgIpc) is 3.23. The van der Waals surface area contributed by atoms with Crippen molar-refractivity contribution in [2.45, 2.75) is 59.5 Å². The van der Waals surface area contributed by atoms with Gasteiger partial charge in [-0.3, -0.25) is 4.79 Å². The van der Waals surface area contributed by atoms with Gasteiger partial charge in [0.05, 0.1) is 5.52 Å². The van der Waals surface area contributed by atoms with Crippen molar-refractivity contribution in [3.63, 3.8) is 0 Å². The predicted octanol–water partition coefficient (Wildman–Crippen LogP) is 5.63. The molecule has 152 valence electrons. The van der Waals surface area contributed by atoms with E-state index in [4.69, 9.17) is 4.42 Å². The molecule has 2 aliphatic rings. The van der Waals surface area contributed by atoms with Crippen LogP contribution in [0, 0.1) is 17.8 Å². The van der Waals surface area contributed by atoms with Crippen LogP contribution in [-0.2, 0) is 6.54 Å². The first-order chi connectivity index (χ1) is 13.7. The summed E-state index contributed by atoms with van der Waals surface area (Å²) in [4.78, 5) is 15.9. The Morgan fingerprint density at radius 2 is 1.90 bits per heavy atom. The third kappa shape index (κ3) is 3.19. The lowest BCUT2D eigenvalue weighted by atomic mass is 9.65. The summed E-state index contributed by atoms with van der Waals surface area (Å²) < 4.78 is 8.03. The lowest BCUT2D eigenvalue weighted by Crippen LogP contribution is -2.38. The molecule has 2 bridgehead atoms. The van der Waals surface area contributed by atoms with Crippen LogP contribution in [0.5, 0.6) is 0 Å². The molecule has 2 atom stereocenters. The molecule has 1 aliphatic carbocycles. The van der Waals surface area contributed by atoms with Crippen LogP contribution in [0.3, 0.4) is 0 Å². The Morgan fingerprint density at radius 3 is 2.66 bits per heavy atom. The first kappa shape index (κ1) is 18.5. The van der Waals surface area contributed by atoms with Gasteiger partial charge in [0.2, 0.25) is 0 Å². The van der Waals surface area contributed by atoms with Crippen molar-refractivity contribution in [2.75, 3.05) is 6.54 Å². The molecule has 29 heavy (non-hydrogen) atoms. The van der Waals surface area contributed by atoms with Crippen LogP contribution in [-0.4, -0.2) is 28.0 Å². The minimum absolute atomic E-state index is 0.149. The van der Waals surface area contributed by atoms with Crippen LogP contribution in [0.25, 0.3) is 11.1 Å². The number of aromatic nitrogens is 1. The van der Waals surface area contributed by atoms with E-state index < -0.39 is 0 Å². The number of fused-ring (bicyclic) bond motifs is 3. The van der Waals surface area contributed by atoms with Crippen LogP contribution >= 0.6 is 0 Å². The van der Waals surface area contributed by atoms with E-state index >= 15 is 0 Å². The van der Waals surface area contributed by atoms with Gasteiger partial charge in [0.25, 0.3) is 5.91 Å². The Morgan fingerprint density at radius 1 is 1.14 bits per heavy atom. The minimum Gasteiger partial charge on any atom is -0.460 e. The molecule has 2 aromatic heterocycles. The van der Waals surface area contributed by atoms with E-state index in [2.05, 4.69) is 42.4 Å². The zero-order valence-corrected chi connectivity index (χ0v) is 17.9. The molecular weight excluding hydrogens is 360 g/mol. The number of benzene rings is 1. The van der Waals surface area contributed by atoms with Crippen molar-refractivity contribution >= 4 is 17.0 Å². The molecule has 1 saturated carbocycles. The van der Waals surface area contributed by atoms with E-state index in [1.54, 1.807) is 0 Å². The van der Waals surface area contributed by atoms with Gasteiger partial charge in [-0.05, 0) is 42.6 Å². The molecule has 4 heteroatoms. The Labute approximate surface area is 172 Å². The number of aryl methyl sites for hydroxylation is 1. The summed E-state index contributed by atoms with van der Waals surface area (Å²) in [6, 6.07) is 14.7. The Kier molecular flexibility index (Phi) is 4.00. The van der Waals surface area contributed by atoms with Crippen molar-refractivity contribution in [2.24, 2.45) is 10.8 Å². The molecule has 5 rings (SSSR count). The van der Waals surface area contributed by atoms with Crippen LogP contribution in [0.2, 0.25) is 0 Å². The Balaban J connectivity index is 1.54. The average molecular weight is 391 g/mol. The third-order valence-electron chi connectivity index (χ3n) is 6.79. The first-order valence-corrected chi connectivity index (χ1v) is 10.7. The summed E-state index contributed by atoms with van der Waals surface area (Å²) in [5.74, 6) is 1.03. The maximum atomic E-state index is 13.8. The summed E-state index contributed by atoms with van der Waals surface area (Å²) >= 11 is 0. The summed E-state index contributed by atoms with van der Waals surface area (Å²) in [6.07, 6.45) is 3.40. The number of rotatable bonds is 3. The number of carbonyl (C=O) groups excluding carboxylic acids is 1. The van der Waals surface area contributed by atoms with Gasteiger partial charge >= 0.3 is 0 Å². The van der Waals surface area contributed by atoms with Gasteiger partial charge in [0, 0.05) is 31.3 Å². The predicted molar refractivity (Wildman–Crippen MR) is 115 cm³/mol. The lowest BCUT2D eigenvalue weighted by molar-refractivity contribution is 0.0698. The fraction of sp³-hybridized carbons (Fsp3) is 0.480. The number of carbonyl (C=O) groups is 1. The van der Waals surface area contributed by atoms with Gasteiger partial charge in [-0.1, -0.05) is 51.1 Å². The van der Waals surface area contributed by atoms with Crippen molar-refractivity contribution in [1.82, 2.24) is 9.47 Å². The second-order valence-corrected chi connectivity index (χ2v) is 10.4. The van der Waals surface area contributed by atoms with Gasteiger partial charge in [-0.25, -0.2) is 0 Å². The second-order valence-electron chi connectivity index (χ2n) is 10.4. The smallest absolute Gasteiger partial charge is 0.270 e. The largest absolute Gasteiger partial charge is 0.460 e. The Hall–Kier alpha value is -2.49. The van der Waals surface area contributed by atoms with Gasteiger partial charge in [-0.2, -0.15) is 0 Å². The number of nitrogens with zero attached hydrogens (tertiary/aromatic N) is 2. The van der Waals surface area contributed by atoms with Crippen LogP contribution in [0.1, 0.15) is 61.8 Å². The SMILES string of the molecule is Cc1cc2c(cc(C(=O)N3C[C@@]4(C)C[C@@H]3CC(C)(C)C4)n2Cc2ccccc2)o1. The normalized spacial score (nSPS) is 25.7. The van der Waals surface area contributed by atoms with Crippen molar-refractivity contribution in [1.29, 1.82) is 0 Å². The van der Waals surface area contributed by atoms with Crippen LogP contribution in [0.15, 0.2) is 46.9 Å². The van der Waals surface area contributed by atoms with E-state index in [1.165, 1.54) is 12.0 Å². The van der Waals surface area contributed by atoms with Crippen molar-refractivity contribution < 1.29 is 9.21 Å². The highest BCUT2D eigenvalue weighted by atomic mass is 16.3. The molecule has 1 amide bonds. The summed E-state index contributed by atoms with van der Waals surface area (Å²) in [5.41, 5.74) is 4.26. The maximum absolute atomic E-state index is 13.8. The fourth-order valence-corrected chi connectivity index (χ4v) is 6.12.